The highest BCUT2D eigenvalue weighted by atomic mass is 16.1. The van der Waals surface area contributed by atoms with Gasteiger partial charge in [-0.25, -0.2) is 9.67 Å². The third kappa shape index (κ3) is 3.38. The predicted molar refractivity (Wildman–Crippen MR) is 71.9 cm³/mol. The zero-order valence-electron chi connectivity index (χ0n) is 10.8. The van der Waals surface area contributed by atoms with Crippen LogP contribution in [-0.4, -0.2) is 27.2 Å². The first-order chi connectivity index (χ1) is 9.20. The van der Waals surface area contributed by atoms with E-state index >= 15 is 0 Å². The number of amides is 1. The van der Waals surface area contributed by atoms with E-state index in [2.05, 4.69) is 22.3 Å². The summed E-state index contributed by atoms with van der Waals surface area (Å²) in [5.41, 5.74) is 6.50. The van der Waals surface area contributed by atoms with Gasteiger partial charge in [-0.15, -0.1) is 0 Å². The fourth-order valence-corrected chi connectivity index (χ4v) is 1.65. The van der Waals surface area contributed by atoms with Crippen LogP contribution < -0.4 is 11.1 Å². The van der Waals surface area contributed by atoms with Crippen molar-refractivity contribution in [2.45, 2.75) is 19.9 Å². The lowest BCUT2D eigenvalue weighted by Crippen LogP contribution is -2.14. The molecule has 6 heteroatoms. The molecule has 1 amide bonds. The smallest absolute Gasteiger partial charge is 0.269 e. The van der Waals surface area contributed by atoms with E-state index in [0.717, 1.165) is 25.1 Å². The van der Waals surface area contributed by atoms with Crippen LogP contribution in [0.1, 0.15) is 29.4 Å². The summed E-state index contributed by atoms with van der Waals surface area (Å²) in [4.78, 5) is 15.3. The molecule has 2 aromatic rings. The molecule has 19 heavy (non-hydrogen) atoms. The van der Waals surface area contributed by atoms with Crippen molar-refractivity contribution in [3.63, 3.8) is 0 Å². The fourth-order valence-electron chi connectivity index (χ4n) is 1.65. The van der Waals surface area contributed by atoms with Crippen molar-refractivity contribution in [3.05, 3.63) is 41.9 Å². The molecule has 0 spiro atoms. The Labute approximate surface area is 111 Å². The molecule has 0 aliphatic carbocycles. The Morgan fingerprint density at radius 2 is 2.26 bits per heavy atom. The zero-order chi connectivity index (χ0) is 13.7. The molecule has 0 aliphatic rings. The first kappa shape index (κ1) is 13.2. The highest BCUT2D eigenvalue weighted by Gasteiger charge is 2.06. The third-order valence-corrected chi connectivity index (χ3v) is 2.64. The summed E-state index contributed by atoms with van der Waals surface area (Å²) in [6.45, 7) is 3.91. The molecule has 2 rings (SSSR count). The second-order valence-corrected chi connectivity index (χ2v) is 4.21. The van der Waals surface area contributed by atoms with Crippen molar-refractivity contribution in [2.24, 2.45) is 5.73 Å². The van der Waals surface area contributed by atoms with E-state index in [-0.39, 0.29) is 5.69 Å². The Hall–Kier alpha value is -2.21. The second-order valence-electron chi connectivity index (χ2n) is 4.21. The molecule has 3 N–H and O–H groups in total. The predicted octanol–water partition coefficient (Wildman–Crippen LogP) is 0.866. The van der Waals surface area contributed by atoms with Crippen molar-refractivity contribution < 1.29 is 4.79 Å². The maximum Gasteiger partial charge on any atom is 0.269 e. The zero-order valence-corrected chi connectivity index (χ0v) is 10.8. The molecule has 0 saturated heterocycles. The van der Waals surface area contributed by atoms with E-state index in [1.807, 2.05) is 12.1 Å². The Kier molecular flexibility index (Phi) is 4.25. The van der Waals surface area contributed by atoms with Gasteiger partial charge < -0.3 is 11.1 Å². The second kappa shape index (κ2) is 6.10. The van der Waals surface area contributed by atoms with E-state index in [4.69, 9.17) is 5.73 Å². The number of pyridine rings is 1. The van der Waals surface area contributed by atoms with Crippen LogP contribution in [0.2, 0.25) is 0 Å². The first-order valence-electron chi connectivity index (χ1n) is 6.22. The quantitative estimate of drug-likeness (QED) is 0.754. The number of primary amides is 1. The molecule has 100 valence electrons. The van der Waals surface area contributed by atoms with Crippen molar-refractivity contribution >= 4 is 5.91 Å². The van der Waals surface area contributed by atoms with Crippen LogP contribution in [0.5, 0.6) is 0 Å². The van der Waals surface area contributed by atoms with Gasteiger partial charge in [0.05, 0.1) is 0 Å². The number of hydrogen-bond donors (Lipinski definition) is 2. The largest absolute Gasteiger partial charge is 0.364 e. The van der Waals surface area contributed by atoms with E-state index < -0.39 is 5.91 Å². The molecular formula is C13H17N5O. The van der Waals surface area contributed by atoms with Gasteiger partial charge in [-0.2, -0.15) is 5.10 Å². The van der Waals surface area contributed by atoms with Crippen molar-refractivity contribution in [1.29, 1.82) is 0 Å². The number of nitrogens with one attached hydrogen (secondary N) is 1. The molecule has 2 heterocycles. The van der Waals surface area contributed by atoms with Gasteiger partial charge in [0.1, 0.15) is 5.69 Å². The minimum absolute atomic E-state index is 0.232. The molecule has 0 aromatic carbocycles. The van der Waals surface area contributed by atoms with Gasteiger partial charge in [-0.3, -0.25) is 4.79 Å². The molecule has 0 unspecified atom stereocenters. The lowest BCUT2D eigenvalue weighted by atomic mass is 10.3. The lowest BCUT2D eigenvalue weighted by Gasteiger charge is -2.04. The summed E-state index contributed by atoms with van der Waals surface area (Å²) in [6, 6.07) is 5.41. The van der Waals surface area contributed by atoms with E-state index in [0.29, 0.717) is 5.82 Å². The summed E-state index contributed by atoms with van der Waals surface area (Å²) >= 11 is 0. The van der Waals surface area contributed by atoms with Crippen LogP contribution >= 0.6 is 0 Å². The third-order valence-electron chi connectivity index (χ3n) is 2.64. The number of carbonyl (C=O) groups excluding carboxylic acids is 1. The molecule has 0 atom stereocenters. The van der Waals surface area contributed by atoms with Crippen LogP contribution in [-0.2, 0) is 6.54 Å². The van der Waals surface area contributed by atoms with Crippen LogP contribution in [0.4, 0.5) is 0 Å². The SMILES string of the molecule is CCCNCc1ccc(-n2ccc(C(N)=O)n2)nc1. The highest BCUT2D eigenvalue weighted by Crippen LogP contribution is 2.06. The maximum absolute atomic E-state index is 11.0. The summed E-state index contributed by atoms with van der Waals surface area (Å²) in [7, 11) is 0. The Morgan fingerprint density at radius 3 is 2.84 bits per heavy atom. The van der Waals surface area contributed by atoms with Gasteiger partial charge in [0.2, 0.25) is 0 Å². The van der Waals surface area contributed by atoms with Crippen molar-refractivity contribution in [3.8, 4) is 5.82 Å². The number of hydrogen-bond acceptors (Lipinski definition) is 4. The van der Waals surface area contributed by atoms with Gasteiger partial charge in [0, 0.05) is 18.9 Å². The number of carbonyl (C=O) groups is 1. The van der Waals surface area contributed by atoms with Gasteiger partial charge in [-0.05, 0) is 30.7 Å². The summed E-state index contributed by atoms with van der Waals surface area (Å²) in [5.74, 6) is 0.117. The number of aromatic nitrogens is 3. The van der Waals surface area contributed by atoms with Crippen molar-refractivity contribution in [1.82, 2.24) is 20.1 Å². The average molecular weight is 259 g/mol. The van der Waals surface area contributed by atoms with E-state index in [9.17, 15) is 4.79 Å². The molecule has 0 radical (unpaired) electrons. The van der Waals surface area contributed by atoms with E-state index in [1.165, 1.54) is 4.68 Å². The Bertz CT molecular complexity index is 546. The molecule has 0 saturated carbocycles. The van der Waals surface area contributed by atoms with Gasteiger partial charge in [0.25, 0.3) is 5.91 Å². The number of rotatable bonds is 6. The standard InChI is InChI=1S/C13H17N5O/c1-2-6-15-8-10-3-4-12(16-9-10)18-7-5-11(17-18)13(14)19/h3-5,7,9,15H,2,6,8H2,1H3,(H2,14,19). The van der Waals surface area contributed by atoms with Crippen LogP contribution in [0.25, 0.3) is 5.82 Å². The molecular weight excluding hydrogens is 242 g/mol. The topological polar surface area (TPSA) is 85.8 Å². The van der Waals surface area contributed by atoms with Gasteiger partial charge in [0.15, 0.2) is 5.82 Å². The summed E-state index contributed by atoms with van der Waals surface area (Å²) in [5, 5.41) is 7.36. The van der Waals surface area contributed by atoms with Crippen LogP contribution in [0.3, 0.4) is 0 Å². The average Bonchev–Trinajstić information content (AvgIpc) is 2.90. The minimum atomic E-state index is -0.542. The molecule has 6 nitrogen and oxygen atoms in total. The van der Waals surface area contributed by atoms with Gasteiger partial charge >= 0.3 is 0 Å². The fraction of sp³-hybridized carbons (Fsp3) is 0.308. The minimum Gasteiger partial charge on any atom is -0.364 e. The Morgan fingerprint density at radius 1 is 1.42 bits per heavy atom. The lowest BCUT2D eigenvalue weighted by molar-refractivity contribution is 0.0995. The summed E-state index contributed by atoms with van der Waals surface area (Å²) in [6.07, 6.45) is 4.57. The van der Waals surface area contributed by atoms with Gasteiger partial charge in [-0.1, -0.05) is 13.0 Å². The number of nitrogens with zero attached hydrogens (tertiary/aromatic N) is 3. The van der Waals surface area contributed by atoms with Crippen molar-refractivity contribution in [2.75, 3.05) is 6.54 Å². The monoisotopic (exact) mass is 259 g/mol. The molecule has 0 fully saturated rings. The Balaban J connectivity index is 2.06. The first-order valence-corrected chi connectivity index (χ1v) is 6.22. The normalized spacial score (nSPS) is 10.6. The molecule has 0 aliphatic heterocycles. The van der Waals surface area contributed by atoms with E-state index in [1.54, 1.807) is 18.5 Å². The molecule has 2 aromatic heterocycles. The molecule has 0 bridgehead atoms. The van der Waals surface area contributed by atoms with Crippen LogP contribution in [0, 0.1) is 0 Å². The summed E-state index contributed by atoms with van der Waals surface area (Å²) < 4.78 is 1.53. The maximum atomic E-state index is 11.0. The highest BCUT2D eigenvalue weighted by molar-refractivity contribution is 5.90. The van der Waals surface area contributed by atoms with Crippen LogP contribution in [0.15, 0.2) is 30.6 Å². The number of nitrogens with two attached hydrogens (primary N) is 1.